The number of pyridine rings is 2. The zero-order valence-electron chi connectivity index (χ0n) is 15.8. The SMILES string of the molecule is CCCC(Cc1ccc2nccc(C(=O)O)c2c1)c1ccc2ncccc2c1. The number of rotatable bonds is 6. The molecule has 0 bridgehead atoms. The summed E-state index contributed by atoms with van der Waals surface area (Å²) in [5.41, 5.74) is 4.45. The van der Waals surface area contributed by atoms with E-state index in [2.05, 4.69) is 47.2 Å². The lowest BCUT2D eigenvalue weighted by molar-refractivity contribution is 0.0699. The maximum atomic E-state index is 11.6. The predicted molar refractivity (Wildman–Crippen MR) is 112 cm³/mol. The van der Waals surface area contributed by atoms with E-state index in [9.17, 15) is 9.90 Å². The number of benzene rings is 2. The third kappa shape index (κ3) is 3.58. The first-order chi connectivity index (χ1) is 13.7. The van der Waals surface area contributed by atoms with E-state index in [0.29, 0.717) is 22.4 Å². The van der Waals surface area contributed by atoms with Crippen LogP contribution in [0.2, 0.25) is 0 Å². The molecule has 0 saturated heterocycles. The molecule has 0 aliphatic carbocycles. The summed E-state index contributed by atoms with van der Waals surface area (Å²) in [6, 6.07) is 18.1. The van der Waals surface area contributed by atoms with Gasteiger partial charge in [-0.1, -0.05) is 31.5 Å². The van der Waals surface area contributed by atoms with Crippen molar-refractivity contribution in [3.63, 3.8) is 0 Å². The molecule has 2 aromatic heterocycles. The topological polar surface area (TPSA) is 63.1 Å². The first-order valence-electron chi connectivity index (χ1n) is 9.61. The number of fused-ring (bicyclic) bond motifs is 2. The fraction of sp³-hybridized carbons (Fsp3) is 0.208. The van der Waals surface area contributed by atoms with Crippen LogP contribution in [-0.2, 0) is 6.42 Å². The summed E-state index contributed by atoms with van der Waals surface area (Å²) in [5.74, 6) is -0.548. The molecule has 28 heavy (non-hydrogen) atoms. The molecule has 0 aliphatic heterocycles. The minimum Gasteiger partial charge on any atom is -0.478 e. The third-order valence-electron chi connectivity index (χ3n) is 5.25. The summed E-state index contributed by atoms with van der Waals surface area (Å²) in [7, 11) is 0. The number of nitrogens with zero attached hydrogens (tertiary/aromatic N) is 2. The minimum atomic E-state index is -0.920. The molecule has 0 saturated carbocycles. The Kier molecular flexibility index (Phi) is 5.02. The number of hydrogen-bond donors (Lipinski definition) is 1. The van der Waals surface area contributed by atoms with E-state index in [1.165, 1.54) is 5.56 Å². The Morgan fingerprint density at radius 2 is 1.82 bits per heavy atom. The quantitative estimate of drug-likeness (QED) is 0.479. The Morgan fingerprint density at radius 1 is 1.00 bits per heavy atom. The molecule has 1 N–H and O–H groups in total. The van der Waals surface area contributed by atoms with Gasteiger partial charge in [-0.2, -0.15) is 0 Å². The lowest BCUT2D eigenvalue weighted by Gasteiger charge is -2.18. The van der Waals surface area contributed by atoms with Gasteiger partial charge in [0.15, 0.2) is 0 Å². The molecule has 4 aromatic rings. The normalized spacial score (nSPS) is 12.3. The van der Waals surface area contributed by atoms with E-state index in [4.69, 9.17) is 0 Å². The summed E-state index contributed by atoms with van der Waals surface area (Å²) in [4.78, 5) is 20.3. The van der Waals surface area contributed by atoms with Crippen molar-refractivity contribution < 1.29 is 9.90 Å². The van der Waals surface area contributed by atoms with Gasteiger partial charge in [0.1, 0.15) is 0 Å². The molecular weight excluding hydrogens is 348 g/mol. The average Bonchev–Trinajstić information content (AvgIpc) is 2.72. The summed E-state index contributed by atoms with van der Waals surface area (Å²) in [6.07, 6.45) is 6.39. The summed E-state index contributed by atoms with van der Waals surface area (Å²) < 4.78 is 0. The van der Waals surface area contributed by atoms with Gasteiger partial charge in [-0.3, -0.25) is 9.97 Å². The molecule has 0 spiro atoms. The van der Waals surface area contributed by atoms with Crippen molar-refractivity contribution in [1.29, 1.82) is 0 Å². The van der Waals surface area contributed by atoms with E-state index >= 15 is 0 Å². The second-order valence-corrected chi connectivity index (χ2v) is 7.16. The van der Waals surface area contributed by atoms with Crippen LogP contribution in [0.4, 0.5) is 0 Å². The first-order valence-corrected chi connectivity index (χ1v) is 9.61. The van der Waals surface area contributed by atoms with E-state index in [1.807, 2.05) is 24.4 Å². The van der Waals surface area contributed by atoms with Gasteiger partial charge in [0.2, 0.25) is 0 Å². The number of hydrogen-bond acceptors (Lipinski definition) is 3. The molecule has 4 heteroatoms. The smallest absolute Gasteiger partial charge is 0.336 e. The van der Waals surface area contributed by atoms with Gasteiger partial charge < -0.3 is 5.11 Å². The fourth-order valence-corrected chi connectivity index (χ4v) is 3.87. The summed E-state index contributed by atoms with van der Waals surface area (Å²) >= 11 is 0. The van der Waals surface area contributed by atoms with Gasteiger partial charge in [0.25, 0.3) is 0 Å². The summed E-state index contributed by atoms with van der Waals surface area (Å²) in [5, 5.41) is 11.3. The van der Waals surface area contributed by atoms with Crippen LogP contribution >= 0.6 is 0 Å². The van der Waals surface area contributed by atoms with Crippen LogP contribution in [0, 0.1) is 0 Å². The lowest BCUT2D eigenvalue weighted by atomic mass is 9.87. The largest absolute Gasteiger partial charge is 0.478 e. The fourth-order valence-electron chi connectivity index (χ4n) is 3.87. The second kappa shape index (κ2) is 7.77. The van der Waals surface area contributed by atoms with Gasteiger partial charge in [-0.15, -0.1) is 0 Å². The van der Waals surface area contributed by atoms with Crippen LogP contribution in [-0.4, -0.2) is 21.0 Å². The molecule has 4 nitrogen and oxygen atoms in total. The van der Waals surface area contributed by atoms with Crippen LogP contribution in [0.25, 0.3) is 21.8 Å². The highest BCUT2D eigenvalue weighted by atomic mass is 16.4. The molecular formula is C24H22N2O2. The highest BCUT2D eigenvalue weighted by molar-refractivity contribution is 6.02. The standard InChI is InChI=1S/C24H22N2O2/c1-2-4-17(18-7-9-22-19(15-18)5-3-11-25-22)13-16-6-8-23-21(14-16)20(24(27)28)10-12-26-23/h3,5-12,14-15,17H,2,4,13H2,1H3,(H,27,28). The lowest BCUT2D eigenvalue weighted by Crippen LogP contribution is -2.04. The maximum Gasteiger partial charge on any atom is 0.336 e. The van der Waals surface area contributed by atoms with Crippen molar-refractivity contribution in [2.24, 2.45) is 0 Å². The van der Waals surface area contributed by atoms with Crippen LogP contribution in [0.3, 0.4) is 0 Å². The number of aromatic nitrogens is 2. The molecule has 0 radical (unpaired) electrons. The van der Waals surface area contributed by atoms with Crippen molar-refractivity contribution in [3.8, 4) is 0 Å². The predicted octanol–water partition coefficient (Wildman–Crippen LogP) is 5.61. The zero-order chi connectivity index (χ0) is 19.5. The van der Waals surface area contributed by atoms with E-state index in [1.54, 1.807) is 12.3 Å². The van der Waals surface area contributed by atoms with E-state index in [-0.39, 0.29) is 0 Å². The monoisotopic (exact) mass is 370 g/mol. The highest BCUT2D eigenvalue weighted by Crippen LogP contribution is 2.29. The van der Waals surface area contributed by atoms with Gasteiger partial charge >= 0.3 is 5.97 Å². The zero-order valence-corrected chi connectivity index (χ0v) is 15.8. The van der Waals surface area contributed by atoms with Crippen LogP contribution in [0.15, 0.2) is 67.0 Å². The van der Waals surface area contributed by atoms with Gasteiger partial charge in [-0.05, 0) is 66.3 Å². The number of aromatic carboxylic acids is 1. The Bertz CT molecular complexity index is 1150. The van der Waals surface area contributed by atoms with Crippen molar-refractivity contribution in [2.75, 3.05) is 0 Å². The van der Waals surface area contributed by atoms with Crippen molar-refractivity contribution in [2.45, 2.75) is 32.1 Å². The van der Waals surface area contributed by atoms with Crippen LogP contribution in [0.1, 0.15) is 47.2 Å². The number of carbonyl (C=O) groups is 1. The highest BCUT2D eigenvalue weighted by Gasteiger charge is 2.15. The molecule has 140 valence electrons. The van der Waals surface area contributed by atoms with Gasteiger partial charge in [-0.25, -0.2) is 4.79 Å². The third-order valence-corrected chi connectivity index (χ3v) is 5.25. The molecule has 2 aromatic carbocycles. The van der Waals surface area contributed by atoms with E-state index in [0.717, 1.165) is 35.7 Å². The van der Waals surface area contributed by atoms with Gasteiger partial charge in [0.05, 0.1) is 16.6 Å². The van der Waals surface area contributed by atoms with Gasteiger partial charge in [0, 0.05) is 23.2 Å². The van der Waals surface area contributed by atoms with Crippen LogP contribution < -0.4 is 0 Å². The molecule has 4 rings (SSSR count). The maximum absolute atomic E-state index is 11.6. The minimum absolute atomic E-state index is 0.302. The first kappa shape index (κ1) is 18.1. The Balaban J connectivity index is 1.71. The second-order valence-electron chi connectivity index (χ2n) is 7.16. The summed E-state index contributed by atoms with van der Waals surface area (Å²) in [6.45, 7) is 2.20. The van der Waals surface area contributed by atoms with Crippen LogP contribution in [0.5, 0.6) is 0 Å². The molecule has 1 unspecified atom stereocenters. The molecule has 0 fully saturated rings. The number of carboxylic acid groups (broad SMARTS) is 1. The van der Waals surface area contributed by atoms with E-state index < -0.39 is 5.97 Å². The van der Waals surface area contributed by atoms with Crippen molar-refractivity contribution >= 4 is 27.8 Å². The molecule has 0 amide bonds. The molecule has 0 aliphatic rings. The number of carboxylic acids is 1. The Labute approximate surface area is 163 Å². The molecule has 1 atom stereocenters. The molecule has 2 heterocycles. The van der Waals surface area contributed by atoms with Crippen molar-refractivity contribution in [3.05, 3.63) is 83.7 Å². The average molecular weight is 370 g/mol. The Hall–Kier alpha value is -3.27. The van der Waals surface area contributed by atoms with Crippen molar-refractivity contribution in [1.82, 2.24) is 9.97 Å². The Morgan fingerprint density at radius 3 is 2.64 bits per heavy atom.